The van der Waals surface area contributed by atoms with Crippen LogP contribution in [0.2, 0.25) is 0 Å². The summed E-state index contributed by atoms with van der Waals surface area (Å²) in [5, 5.41) is 0. The van der Waals surface area contributed by atoms with E-state index in [0.717, 1.165) is 23.2 Å². The highest BCUT2D eigenvalue weighted by atomic mass is 16.5. The van der Waals surface area contributed by atoms with Crippen molar-refractivity contribution in [3.8, 4) is 0 Å². The third kappa shape index (κ3) is 2.85. The first kappa shape index (κ1) is 18.8. The Kier molecular flexibility index (Phi) is 4.09. The molecular weight excluding hydrogens is 390 g/mol. The summed E-state index contributed by atoms with van der Waals surface area (Å²) in [4.78, 5) is 35.3. The summed E-state index contributed by atoms with van der Waals surface area (Å²) in [7, 11) is 0. The smallest absolute Gasteiger partial charge is 0.230 e. The summed E-state index contributed by atoms with van der Waals surface area (Å²) in [5.41, 5.74) is 3.77. The normalized spacial score (nSPS) is 30.6. The molecule has 5 heterocycles. The molecule has 2 bridgehead atoms. The van der Waals surface area contributed by atoms with Crippen molar-refractivity contribution in [2.24, 2.45) is 11.8 Å². The van der Waals surface area contributed by atoms with E-state index in [1.807, 2.05) is 46.2 Å². The molecule has 4 atom stereocenters. The molecule has 0 unspecified atom stereocenters. The van der Waals surface area contributed by atoms with Gasteiger partial charge in [0.05, 0.1) is 24.5 Å². The molecule has 2 saturated heterocycles. The third-order valence-corrected chi connectivity index (χ3v) is 7.20. The van der Waals surface area contributed by atoms with E-state index in [9.17, 15) is 9.59 Å². The van der Waals surface area contributed by atoms with E-state index < -0.39 is 17.4 Å². The van der Waals surface area contributed by atoms with Gasteiger partial charge in [-0.1, -0.05) is 48.0 Å². The van der Waals surface area contributed by atoms with Crippen LogP contribution in [-0.2, 0) is 33.8 Å². The molecule has 2 amide bonds. The SMILES string of the molecule is Cc1cccc(CN2C[C@]34C=C[C@H](O3)[C@@H](C(=O)N3CCc5ncccc5C3)[C@@H]4C2=O)c1. The van der Waals surface area contributed by atoms with Crippen LogP contribution >= 0.6 is 0 Å². The Morgan fingerprint density at radius 2 is 2.19 bits per heavy atom. The number of fused-ring (bicyclic) bond motifs is 2. The fourth-order valence-electron chi connectivity index (χ4n) is 5.79. The third-order valence-electron chi connectivity index (χ3n) is 7.20. The van der Waals surface area contributed by atoms with Crippen LogP contribution in [-0.4, -0.2) is 51.4 Å². The van der Waals surface area contributed by atoms with Gasteiger partial charge in [0.2, 0.25) is 11.8 Å². The second kappa shape index (κ2) is 6.76. The van der Waals surface area contributed by atoms with Crippen LogP contribution in [0.5, 0.6) is 0 Å². The van der Waals surface area contributed by atoms with Crippen molar-refractivity contribution in [2.45, 2.75) is 38.1 Å². The second-order valence-corrected chi connectivity index (χ2v) is 9.20. The zero-order valence-corrected chi connectivity index (χ0v) is 17.5. The first-order chi connectivity index (χ1) is 15.0. The lowest BCUT2D eigenvalue weighted by molar-refractivity contribution is -0.144. The molecule has 0 saturated carbocycles. The lowest BCUT2D eigenvalue weighted by atomic mass is 9.76. The Balaban J connectivity index is 1.25. The Morgan fingerprint density at radius 3 is 3.06 bits per heavy atom. The molecular formula is C25H25N3O3. The van der Waals surface area contributed by atoms with Crippen molar-refractivity contribution in [3.63, 3.8) is 0 Å². The van der Waals surface area contributed by atoms with Gasteiger partial charge in [0.25, 0.3) is 0 Å². The number of hydrogen-bond donors (Lipinski definition) is 0. The first-order valence-corrected chi connectivity index (χ1v) is 11.0. The number of aromatic nitrogens is 1. The molecule has 31 heavy (non-hydrogen) atoms. The van der Waals surface area contributed by atoms with E-state index >= 15 is 0 Å². The van der Waals surface area contributed by atoms with Gasteiger partial charge < -0.3 is 14.5 Å². The van der Waals surface area contributed by atoms with Crippen LogP contribution in [0.4, 0.5) is 0 Å². The van der Waals surface area contributed by atoms with E-state index in [0.29, 0.717) is 26.2 Å². The molecule has 1 spiro atoms. The van der Waals surface area contributed by atoms with Crippen molar-refractivity contribution in [2.75, 3.05) is 13.1 Å². The molecule has 0 radical (unpaired) electrons. The van der Waals surface area contributed by atoms with Gasteiger partial charge in [0.1, 0.15) is 5.60 Å². The molecule has 1 aromatic heterocycles. The van der Waals surface area contributed by atoms with Crippen LogP contribution < -0.4 is 0 Å². The minimum Gasteiger partial charge on any atom is -0.360 e. The molecule has 4 aliphatic rings. The van der Waals surface area contributed by atoms with Gasteiger partial charge in [0.15, 0.2) is 0 Å². The van der Waals surface area contributed by atoms with Gasteiger partial charge in [0, 0.05) is 37.9 Å². The largest absolute Gasteiger partial charge is 0.360 e. The zero-order valence-electron chi connectivity index (χ0n) is 17.5. The highest BCUT2D eigenvalue weighted by Crippen LogP contribution is 2.52. The fraction of sp³-hybridized carbons (Fsp3) is 0.400. The van der Waals surface area contributed by atoms with Gasteiger partial charge in [-0.05, 0) is 24.1 Å². The minimum atomic E-state index is -0.666. The summed E-state index contributed by atoms with van der Waals surface area (Å²) in [6.45, 7) is 4.29. The highest BCUT2D eigenvalue weighted by molar-refractivity contribution is 5.93. The Bertz CT molecular complexity index is 1110. The Morgan fingerprint density at radius 1 is 1.29 bits per heavy atom. The molecule has 6 nitrogen and oxygen atoms in total. The maximum absolute atomic E-state index is 13.6. The molecule has 1 aromatic carbocycles. The molecule has 0 aliphatic carbocycles. The predicted octanol–water partition coefficient (Wildman–Crippen LogP) is 2.26. The number of carbonyl (C=O) groups excluding carboxylic acids is 2. The zero-order chi connectivity index (χ0) is 21.2. The molecule has 158 valence electrons. The molecule has 4 aliphatic heterocycles. The lowest BCUT2D eigenvalue weighted by Crippen LogP contribution is -2.47. The van der Waals surface area contributed by atoms with Crippen molar-refractivity contribution < 1.29 is 14.3 Å². The molecule has 2 fully saturated rings. The van der Waals surface area contributed by atoms with E-state index in [-0.39, 0.29) is 17.9 Å². The molecule has 6 rings (SSSR count). The summed E-state index contributed by atoms with van der Waals surface area (Å²) in [6, 6.07) is 12.2. The number of rotatable bonds is 3. The average Bonchev–Trinajstić information content (AvgIpc) is 3.41. The second-order valence-electron chi connectivity index (χ2n) is 9.20. The molecule has 2 aromatic rings. The summed E-state index contributed by atoms with van der Waals surface area (Å²) in [6.07, 6.45) is 6.25. The maximum Gasteiger partial charge on any atom is 0.230 e. The van der Waals surface area contributed by atoms with Crippen LogP contribution in [0.1, 0.15) is 22.4 Å². The molecule has 6 heteroatoms. The fourth-order valence-corrected chi connectivity index (χ4v) is 5.79. The number of carbonyl (C=O) groups is 2. The first-order valence-electron chi connectivity index (χ1n) is 11.0. The van der Waals surface area contributed by atoms with E-state index in [2.05, 4.69) is 24.0 Å². The minimum absolute atomic E-state index is 0.0292. The van der Waals surface area contributed by atoms with E-state index in [1.54, 1.807) is 6.20 Å². The van der Waals surface area contributed by atoms with E-state index in [4.69, 9.17) is 4.74 Å². The lowest BCUT2D eigenvalue weighted by Gasteiger charge is -2.33. The monoisotopic (exact) mass is 415 g/mol. The average molecular weight is 415 g/mol. The molecule has 0 N–H and O–H groups in total. The summed E-state index contributed by atoms with van der Waals surface area (Å²) in [5.74, 6) is -0.819. The van der Waals surface area contributed by atoms with Gasteiger partial charge in [-0.25, -0.2) is 0 Å². The summed E-state index contributed by atoms with van der Waals surface area (Å²) >= 11 is 0. The standard InChI is InChI=1S/C25H25N3O3/c1-16-4-2-5-17(12-16)13-28-15-25-9-7-20(31-25)21(22(25)24(28)30)23(29)27-11-8-19-18(14-27)6-3-10-26-19/h2-7,9-10,12,20-22H,8,11,13-15H2,1H3/t20-,21+,22+,25-/m0/s1. The topological polar surface area (TPSA) is 62.7 Å². The van der Waals surface area contributed by atoms with Crippen molar-refractivity contribution in [3.05, 3.63) is 77.1 Å². The number of benzene rings is 1. The van der Waals surface area contributed by atoms with Gasteiger partial charge in [-0.2, -0.15) is 0 Å². The quantitative estimate of drug-likeness (QED) is 0.722. The van der Waals surface area contributed by atoms with Gasteiger partial charge in [-0.15, -0.1) is 0 Å². The number of amides is 2. The van der Waals surface area contributed by atoms with E-state index in [1.165, 1.54) is 5.56 Å². The predicted molar refractivity (Wildman–Crippen MR) is 114 cm³/mol. The highest BCUT2D eigenvalue weighted by Gasteiger charge is 2.67. The number of hydrogen-bond acceptors (Lipinski definition) is 4. The number of aryl methyl sites for hydroxylation is 1. The number of ether oxygens (including phenoxy) is 1. The van der Waals surface area contributed by atoms with Crippen molar-refractivity contribution >= 4 is 11.8 Å². The number of likely N-dealkylation sites (tertiary alicyclic amines) is 1. The van der Waals surface area contributed by atoms with Crippen LogP contribution in [0.3, 0.4) is 0 Å². The maximum atomic E-state index is 13.6. The van der Waals surface area contributed by atoms with Gasteiger partial charge in [-0.3, -0.25) is 14.6 Å². The van der Waals surface area contributed by atoms with Crippen LogP contribution in [0, 0.1) is 18.8 Å². The summed E-state index contributed by atoms with van der Waals surface area (Å²) < 4.78 is 6.31. The van der Waals surface area contributed by atoms with Crippen molar-refractivity contribution in [1.29, 1.82) is 0 Å². The Labute approximate surface area is 181 Å². The Hall–Kier alpha value is -2.99. The van der Waals surface area contributed by atoms with Crippen LogP contribution in [0.15, 0.2) is 54.7 Å². The van der Waals surface area contributed by atoms with Crippen LogP contribution in [0.25, 0.3) is 0 Å². The number of nitrogens with zero attached hydrogens (tertiary/aromatic N) is 3. The number of pyridine rings is 1. The van der Waals surface area contributed by atoms with Gasteiger partial charge >= 0.3 is 0 Å². The van der Waals surface area contributed by atoms with Crippen molar-refractivity contribution in [1.82, 2.24) is 14.8 Å².